The number of nitrogens with zero attached hydrogens (tertiary/aromatic N) is 2. The van der Waals surface area contributed by atoms with E-state index in [9.17, 15) is 9.59 Å². The highest BCUT2D eigenvalue weighted by Gasteiger charge is 2.21. The van der Waals surface area contributed by atoms with Gasteiger partial charge in [0.25, 0.3) is 5.91 Å². The van der Waals surface area contributed by atoms with E-state index in [4.69, 9.17) is 4.52 Å². The summed E-state index contributed by atoms with van der Waals surface area (Å²) in [7, 11) is 1.76. The van der Waals surface area contributed by atoms with Crippen LogP contribution in [0.1, 0.15) is 22.5 Å². The van der Waals surface area contributed by atoms with Gasteiger partial charge in [-0.25, -0.2) is 0 Å². The third-order valence-electron chi connectivity index (χ3n) is 4.48. The molecule has 4 rings (SSSR count). The lowest BCUT2D eigenvalue weighted by atomic mass is 10.0. The van der Waals surface area contributed by atoms with Crippen molar-refractivity contribution >= 4 is 23.2 Å². The van der Waals surface area contributed by atoms with Crippen molar-refractivity contribution in [1.29, 1.82) is 0 Å². The quantitative estimate of drug-likeness (QED) is 0.787. The van der Waals surface area contributed by atoms with Gasteiger partial charge in [-0.3, -0.25) is 9.59 Å². The van der Waals surface area contributed by atoms with Crippen LogP contribution in [-0.4, -0.2) is 24.0 Å². The summed E-state index contributed by atoms with van der Waals surface area (Å²) in [5.41, 5.74) is 4.07. The van der Waals surface area contributed by atoms with Crippen molar-refractivity contribution in [2.24, 2.45) is 0 Å². The molecule has 2 heterocycles. The molecule has 0 fully saturated rings. The van der Waals surface area contributed by atoms with Crippen molar-refractivity contribution < 1.29 is 14.1 Å². The summed E-state index contributed by atoms with van der Waals surface area (Å²) in [5.74, 6) is -0.113. The van der Waals surface area contributed by atoms with E-state index in [1.165, 1.54) is 0 Å². The van der Waals surface area contributed by atoms with Crippen molar-refractivity contribution in [3.8, 4) is 11.3 Å². The molecular weight excluding hydrogens is 330 g/mol. The number of hydrogen-bond acceptors (Lipinski definition) is 4. The van der Waals surface area contributed by atoms with Gasteiger partial charge in [-0.1, -0.05) is 35.5 Å². The Labute approximate surface area is 150 Å². The first-order valence-electron chi connectivity index (χ1n) is 8.35. The predicted molar refractivity (Wildman–Crippen MR) is 98.1 cm³/mol. The summed E-state index contributed by atoms with van der Waals surface area (Å²) >= 11 is 0. The molecule has 1 aliphatic heterocycles. The average molecular weight is 347 g/mol. The van der Waals surface area contributed by atoms with Gasteiger partial charge < -0.3 is 14.7 Å². The predicted octanol–water partition coefficient (Wildman–Crippen LogP) is 3.50. The minimum Gasteiger partial charge on any atom is -0.350 e. The van der Waals surface area contributed by atoms with Gasteiger partial charge in [0, 0.05) is 36.5 Å². The number of nitrogens with one attached hydrogen (secondary N) is 1. The normalized spacial score (nSPS) is 13.4. The van der Waals surface area contributed by atoms with Crippen LogP contribution in [0.5, 0.6) is 0 Å². The molecular formula is C20H17N3O3. The van der Waals surface area contributed by atoms with E-state index < -0.39 is 0 Å². The number of hydrogen-bond donors (Lipinski definition) is 1. The van der Waals surface area contributed by atoms with Crippen LogP contribution in [0.15, 0.2) is 59.1 Å². The number of carbonyl (C=O) groups is 2. The van der Waals surface area contributed by atoms with Crippen molar-refractivity contribution in [2.75, 3.05) is 17.3 Å². The summed E-state index contributed by atoms with van der Waals surface area (Å²) in [6.45, 7) is 0. The molecule has 1 aromatic heterocycles. The zero-order valence-electron chi connectivity index (χ0n) is 14.2. The van der Waals surface area contributed by atoms with Crippen LogP contribution in [0.4, 0.5) is 11.4 Å². The van der Waals surface area contributed by atoms with Crippen molar-refractivity contribution in [1.82, 2.24) is 5.16 Å². The highest BCUT2D eigenvalue weighted by molar-refractivity contribution is 6.03. The SMILES string of the molecule is CN1C(=O)CCc2cc(NC(=O)c3cc(-c4ccccc4)no3)ccc21. The second kappa shape index (κ2) is 6.48. The lowest BCUT2D eigenvalue weighted by molar-refractivity contribution is -0.118. The molecule has 0 saturated carbocycles. The maximum atomic E-state index is 12.4. The van der Waals surface area contributed by atoms with E-state index >= 15 is 0 Å². The Kier molecular flexibility index (Phi) is 4.01. The van der Waals surface area contributed by atoms with E-state index in [-0.39, 0.29) is 17.6 Å². The summed E-state index contributed by atoms with van der Waals surface area (Å²) in [4.78, 5) is 25.8. The molecule has 26 heavy (non-hydrogen) atoms. The molecule has 0 spiro atoms. The fourth-order valence-electron chi connectivity index (χ4n) is 3.05. The molecule has 1 aliphatic rings. The zero-order valence-corrected chi connectivity index (χ0v) is 14.2. The standard InChI is InChI=1S/C20H17N3O3/c1-23-17-9-8-15(11-14(17)7-10-19(23)24)21-20(25)18-12-16(22-26-18)13-5-3-2-4-6-13/h2-6,8-9,11-12H,7,10H2,1H3,(H,21,25). The van der Waals surface area contributed by atoms with E-state index in [0.29, 0.717) is 24.2 Å². The Balaban J connectivity index is 1.52. The number of amides is 2. The Morgan fingerprint density at radius 3 is 2.73 bits per heavy atom. The fourth-order valence-corrected chi connectivity index (χ4v) is 3.05. The molecule has 0 aliphatic carbocycles. The summed E-state index contributed by atoms with van der Waals surface area (Å²) in [6.07, 6.45) is 1.14. The number of carbonyl (C=O) groups excluding carboxylic acids is 2. The number of aromatic nitrogens is 1. The summed E-state index contributed by atoms with van der Waals surface area (Å²) in [5, 5.41) is 6.78. The molecule has 6 nitrogen and oxygen atoms in total. The Morgan fingerprint density at radius 1 is 1.12 bits per heavy atom. The first kappa shape index (κ1) is 16.1. The van der Waals surface area contributed by atoms with E-state index in [2.05, 4.69) is 10.5 Å². The van der Waals surface area contributed by atoms with Crippen molar-refractivity contribution in [3.05, 3.63) is 65.9 Å². The van der Waals surface area contributed by atoms with Crippen LogP contribution in [-0.2, 0) is 11.2 Å². The molecule has 0 bridgehead atoms. The maximum Gasteiger partial charge on any atom is 0.294 e. The number of benzene rings is 2. The number of aryl methyl sites for hydroxylation is 1. The van der Waals surface area contributed by atoms with E-state index in [1.54, 1.807) is 24.1 Å². The molecule has 130 valence electrons. The van der Waals surface area contributed by atoms with Crippen LogP contribution < -0.4 is 10.2 Å². The molecule has 1 N–H and O–H groups in total. The van der Waals surface area contributed by atoms with Crippen molar-refractivity contribution in [2.45, 2.75) is 12.8 Å². The van der Waals surface area contributed by atoms with Gasteiger partial charge in [-0.05, 0) is 30.2 Å². The summed E-state index contributed by atoms with van der Waals surface area (Å²) in [6, 6.07) is 16.7. The smallest absolute Gasteiger partial charge is 0.294 e. The molecule has 0 saturated heterocycles. The molecule has 0 atom stereocenters. The monoisotopic (exact) mass is 347 g/mol. The van der Waals surface area contributed by atoms with Gasteiger partial charge in [0.2, 0.25) is 11.7 Å². The number of fused-ring (bicyclic) bond motifs is 1. The Morgan fingerprint density at radius 2 is 1.92 bits per heavy atom. The highest BCUT2D eigenvalue weighted by Crippen LogP contribution is 2.29. The molecule has 6 heteroatoms. The molecule has 3 aromatic rings. The molecule has 2 amide bonds. The van der Waals surface area contributed by atoms with E-state index in [0.717, 1.165) is 16.8 Å². The van der Waals surface area contributed by atoms with Crippen LogP contribution >= 0.6 is 0 Å². The topological polar surface area (TPSA) is 75.4 Å². The third kappa shape index (κ3) is 2.97. The first-order valence-corrected chi connectivity index (χ1v) is 8.35. The van der Waals surface area contributed by atoms with Crippen LogP contribution in [0.3, 0.4) is 0 Å². The van der Waals surface area contributed by atoms with E-state index in [1.807, 2.05) is 42.5 Å². The highest BCUT2D eigenvalue weighted by atomic mass is 16.5. The van der Waals surface area contributed by atoms with Gasteiger partial charge in [0.15, 0.2) is 0 Å². The molecule has 0 unspecified atom stereocenters. The largest absolute Gasteiger partial charge is 0.350 e. The minimum atomic E-state index is -0.361. The van der Waals surface area contributed by atoms with Gasteiger partial charge in [-0.15, -0.1) is 0 Å². The minimum absolute atomic E-state index is 0.101. The lowest BCUT2D eigenvalue weighted by Gasteiger charge is -2.26. The molecule has 0 radical (unpaired) electrons. The second-order valence-electron chi connectivity index (χ2n) is 6.19. The fraction of sp³-hybridized carbons (Fsp3) is 0.150. The van der Waals surface area contributed by atoms with Crippen molar-refractivity contribution in [3.63, 3.8) is 0 Å². The van der Waals surface area contributed by atoms with Gasteiger partial charge in [0.05, 0.1) is 0 Å². The Hall–Kier alpha value is -3.41. The van der Waals surface area contributed by atoms with Gasteiger partial charge in [-0.2, -0.15) is 0 Å². The van der Waals surface area contributed by atoms with Crippen LogP contribution in [0.25, 0.3) is 11.3 Å². The number of anilines is 2. The average Bonchev–Trinajstić information content (AvgIpc) is 3.16. The van der Waals surface area contributed by atoms with Gasteiger partial charge >= 0.3 is 0 Å². The zero-order chi connectivity index (χ0) is 18.1. The van der Waals surface area contributed by atoms with Crippen LogP contribution in [0.2, 0.25) is 0 Å². The lowest BCUT2D eigenvalue weighted by Crippen LogP contribution is -2.31. The first-order chi connectivity index (χ1) is 12.6. The maximum absolute atomic E-state index is 12.4. The number of rotatable bonds is 3. The third-order valence-corrected chi connectivity index (χ3v) is 4.48. The van der Waals surface area contributed by atoms with Crippen LogP contribution in [0, 0.1) is 0 Å². The second-order valence-corrected chi connectivity index (χ2v) is 6.19. The summed E-state index contributed by atoms with van der Waals surface area (Å²) < 4.78 is 5.18. The Bertz CT molecular complexity index is 979. The molecule has 2 aromatic carbocycles. The van der Waals surface area contributed by atoms with Gasteiger partial charge in [0.1, 0.15) is 5.69 Å².